The number of anilines is 2. The Labute approximate surface area is 136 Å². The van der Waals surface area contributed by atoms with Crippen molar-refractivity contribution in [1.82, 2.24) is 10.3 Å². The Balaban J connectivity index is 1.97. The Morgan fingerprint density at radius 1 is 1.32 bits per heavy atom. The molecule has 4 nitrogen and oxygen atoms in total. The number of benzene rings is 1. The van der Waals surface area contributed by atoms with Crippen molar-refractivity contribution < 1.29 is 4.79 Å². The average molecular weight is 317 g/mol. The lowest BCUT2D eigenvalue weighted by Crippen LogP contribution is -2.25. The molecular formula is C17H23N3OS. The van der Waals surface area contributed by atoms with Crippen molar-refractivity contribution in [3.05, 3.63) is 40.4 Å². The van der Waals surface area contributed by atoms with Crippen LogP contribution >= 0.6 is 11.3 Å². The van der Waals surface area contributed by atoms with Gasteiger partial charge in [-0.2, -0.15) is 0 Å². The first kappa shape index (κ1) is 16.5. The van der Waals surface area contributed by atoms with Gasteiger partial charge in [0, 0.05) is 17.6 Å². The molecule has 0 saturated carbocycles. The third kappa shape index (κ3) is 4.56. The van der Waals surface area contributed by atoms with Crippen molar-refractivity contribution in [3.63, 3.8) is 0 Å². The van der Waals surface area contributed by atoms with E-state index in [2.05, 4.69) is 55.4 Å². The SMILES string of the molecule is Cc1ccc(Nc2nc(C(=O)NCCC(C)C)cs2)c(C)c1. The molecule has 1 aromatic heterocycles. The Morgan fingerprint density at radius 3 is 2.77 bits per heavy atom. The predicted octanol–water partition coefficient (Wildman–Crippen LogP) is 4.28. The molecule has 22 heavy (non-hydrogen) atoms. The molecule has 0 bridgehead atoms. The summed E-state index contributed by atoms with van der Waals surface area (Å²) in [5.74, 6) is 0.475. The van der Waals surface area contributed by atoms with Crippen LogP contribution in [-0.4, -0.2) is 17.4 Å². The van der Waals surface area contributed by atoms with Gasteiger partial charge in [0.2, 0.25) is 0 Å². The van der Waals surface area contributed by atoms with Crippen LogP contribution < -0.4 is 10.6 Å². The van der Waals surface area contributed by atoms with Crippen LogP contribution in [0.4, 0.5) is 10.8 Å². The number of amides is 1. The molecular weight excluding hydrogens is 294 g/mol. The molecule has 0 fully saturated rings. The maximum Gasteiger partial charge on any atom is 0.270 e. The number of carbonyl (C=O) groups is 1. The first-order chi connectivity index (χ1) is 10.5. The molecule has 0 saturated heterocycles. The van der Waals surface area contributed by atoms with Crippen molar-refractivity contribution in [2.45, 2.75) is 34.1 Å². The van der Waals surface area contributed by atoms with Crippen LogP contribution in [0.15, 0.2) is 23.6 Å². The maximum atomic E-state index is 12.0. The average Bonchev–Trinajstić information content (AvgIpc) is 2.90. The van der Waals surface area contributed by atoms with Crippen LogP contribution in [-0.2, 0) is 0 Å². The zero-order valence-electron chi connectivity index (χ0n) is 13.6. The fraction of sp³-hybridized carbons (Fsp3) is 0.412. The fourth-order valence-electron chi connectivity index (χ4n) is 2.07. The smallest absolute Gasteiger partial charge is 0.270 e. The van der Waals surface area contributed by atoms with E-state index in [4.69, 9.17) is 0 Å². The minimum absolute atomic E-state index is 0.106. The summed E-state index contributed by atoms with van der Waals surface area (Å²) in [7, 11) is 0. The van der Waals surface area contributed by atoms with E-state index in [0.29, 0.717) is 18.2 Å². The Morgan fingerprint density at radius 2 is 2.09 bits per heavy atom. The van der Waals surface area contributed by atoms with E-state index in [1.54, 1.807) is 5.38 Å². The minimum Gasteiger partial charge on any atom is -0.351 e. The van der Waals surface area contributed by atoms with Crippen molar-refractivity contribution in [2.75, 3.05) is 11.9 Å². The summed E-state index contributed by atoms with van der Waals surface area (Å²) in [5.41, 5.74) is 3.89. The van der Waals surface area contributed by atoms with Crippen molar-refractivity contribution >= 4 is 28.1 Å². The largest absolute Gasteiger partial charge is 0.351 e. The number of nitrogens with zero attached hydrogens (tertiary/aromatic N) is 1. The third-order valence-electron chi connectivity index (χ3n) is 3.37. The van der Waals surface area contributed by atoms with Crippen LogP contribution in [0.5, 0.6) is 0 Å². The van der Waals surface area contributed by atoms with Crippen LogP contribution in [0.2, 0.25) is 0 Å². The highest BCUT2D eigenvalue weighted by Crippen LogP contribution is 2.24. The molecule has 0 aliphatic rings. The van der Waals surface area contributed by atoms with Crippen LogP contribution in [0.3, 0.4) is 0 Å². The van der Waals surface area contributed by atoms with Crippen molar-refractivity contribution in [3.8, 4) is 0 Å². The van der Waals surface area contributed by atoms with E-state index in [0.717, 1.165) is 22.8 Å². The highest BCUT2D eigenvalue weighted by Gasteiger charge is 2.11. The van der Waals surface area contributed by atoms with E-state index in [1.165, 1.54) is 16.9 Å². The van der Waals surface area contributed by atoms with Gasteiger partial charge in [0.05, 0.1) is 0 Å². The monoisotopic (exact) mass is 317 g/mol. The zero-order valence-corrected chi connectivity index (χ0v) is 14.4. The first-order valence-electron chi connectivity index (χ1n) is 7.53. The number of carbonyl (C=O) groups excluding carboxylic acids is 1. The van der Waals surface area contributed by atoms with Crippen LogP contribution in [0, 0.1) is 19.8 Å². The molecule has 1 aromatic carbocycles. The minimum atomic E-state index is -0.106. The summed E-state index contributed by atoms with van der Waals surface area (Å²) in [5, 5.41) is 8.71. The second-order valence-electron chi connectivity index (χ2n) is 5.92. The molecule has 118 valence electrons. The summed E-state index contributed by atoms with van der Waals surface area (Å²) >= 11 is 1.44. The topological polar surface area (TPSA) is 54.0 Å². The molecule has 2 aromatic rings. The van der Waals surface area contributed by atoms with Gasteiger partial charge in [-0.15, -0.1) is 11.3 Å². The van der Waals surface area contributed by atoms with Gasteiger partial charge in [-0.1, -0.05) is 31.5 Å². The lowest BCUT2D eigenvalue weighted by molar-refractivity contribution is 0.0948. The summed E-state index contributed by atoms with van der Waals surface area (Å²) in [6, 6.07) is 6.21. The van der Waals surface area contributed by atoms with Gasteiger partial charge in [0.25, 0.3) is 5.91 Å². The molecule has 0 atom stereocenters. The molecule has 0 aliphatic heterocycles. The molecule has 1 amide bonds. The number of rotatable bonds is 6. The third-order valence-corrected chi connectivity index (χ3v) is 4.13. The van der Waals surface area contributed by atoms with Gasteiger partial charge in [-0.05, 0) is 37.8 Å². The van der Waals surface area contributed by atoms with Crippen LogP contribution in [0.25, 0.3) is 0 Å². The number of nitrogens with one attached hydrogen (secondary N) is 2. The molecule has 0 aliphatic carbocycles. The lowest BCUT2D eigenvalue weighted by atomic mass is 10.1. The number of aryl methyl sites for hydroxylation is 2. The summed E-state index contributed by atoms with van der Waals surface area (Å²) in [6.45, 7) is 9.10. The van der Waals surface area contributed by atoms with E-state index in [9.17, 15) is 4.79 Å². The van der Waals surface area contributed by atoms with E-state index >= 15 is 0 Å². The molecule has 1 heterocycles. The molecule has 2 N–H and O–H groups in total. The summed E-state index contributed by atoms with van der Waals surface area (Å²) in [6.07, 6.45) is 0.976. The first-order valence-corrected chi connectivity index (χ1v) is 8.41. The standard InChI is InChI=1S/C17H23N3OS/c1-11(2)7-8-18-16(21)15-10-22-17(20-15)19-14-6-5-12(3)9-13(14)4/h5-6,9-11H,7-8H2,1-4H3,(H,18,21)(H,19,20). The summed E-state index contributed by atoms with van der Waals surface area (Å²) < 4.78 is 0. The van der Waals surface area contributed by atoms with Crippen molar-refractivity contribution in [2.24, 2.45) is 5.92 Å². The van der Waals surface area contributed by atoms with Gasteiger partial charge >= 0.3 is 0 Å². The lowest BCUT2D eigenvalue weighted by Gasteiger charge is -2.07. The molecule has 5 heteroatoms. The van der Waals surface area contributed by atoms with Gasteiger partial charge in [-0.25, -0.2) is 4.98 Å². The number of aromatic nitrogens is 1. The fourth-order valence-corrected chi connectivity index (χ4v) is 2.77. The van der Waals surface area contributed by atoms with E-state index in [-0.39, 0.29) is 5.91 Å². The van der Waals surface area contributed by atoms with Gasteiger partial charge in [-0.3, -0.25) is 4.79 Å². The number of hydrogen-bond acceptors (Lipinski definition) is 4. The quantitative estimate of drug-likeness (QED) is 0.836. The Bertz CT molecular complexity index is 649. The van der Waals surface area contributed by atoms with E-state index in [1.807, 2.05) is 6.07 Å². The molecule has 0 unspecified atom stereocenters. The number of thiazole rings is 1. The molecule has 2 rings (SSSR count). The summed E-state index contributed by atoms with van der Waals surface area (Å²) in [4.78, 5) is 16.4. The second kappa shape index (κ2) is 7.40. The normalized spacial score (nSPS) is 10.8. The second-order valence-corrected chi connectivity index (χ2v) is 6.78. The van der Waals surface area contributed by atoms with Gasteiger partial charge in [0.1, 0.15) is 5.69 Å². The highest BCUT2D eigenvalue weighted by atomic mass is 32.1. The van der Waals surface area contributed by atoms with Crippen molar-refractivity contribution in [1.29, 1.82) is 0 Å². The maximum absolute atomic E-state index is 12.0. The predicted molar refractivity (Wildman–Crippen MR) is 93.1 cm³/mol. The number of hydrogen-bond donors (Lipinski definition) is 2. The van der Waals surface area contributed by atoms with Crippen LogP contribution in [0.1, 0.15) is 41.9 Å². The van der Waals surface area contributed by atoms with Gasteiger partial charge < -0.3 is 10.6 Å². The zero-order chi connectivity index (χ0) is 16.1. The Hall–Kier alpha value is -1.88. The molecule has 0 radical (unpaired) electrons. The van der Waals surface area contributed by atoms with E-state index < -0.39 is 0 Å². The highest BCUT2D eigenvalue weighted by molar-refractivity contribution is 7.14. The Kier molecular flexibility index (Phi) is 5.55. The molecule has 0 spiro atoms. The van der Waals surface area contributed by atoms with Gasteiger partial charge in [0.15, 0.2) is 5.13 Å².